The second-order valence-electron chi connectivity index (χ2n) is 5.95. The maximum absolute atomic E-state index is 12.3. The molecule has 2 N–H and O–H groups in total. The fourth-order valence-corrected chi connectivity index (χ4v) is 3.07. The van der Waals surface area contributed by atoms with E-state index in [0.717, 1.165) is 23.0 Å². The van der Waals surface area contributed by atoms with E-state index in [2.05, 4.69) is 17.2 Å². The van der Waals surface area contributed by atoms with E-state index in [1.54, 1.807) is 0 Å². The lowest BCUT2D eigenvalue weighted by Gasteiger charge is -2.23. The molecular formula is C16H20N2O. The van der Waals surface area contributed by atoms with Gasteiger partial charge in [-0.15, -0.1) is 0 Å². The van der Waals surface area contributed by atoms with Crippen LogP contribution >= 0.6 is 0 Å². The van der Waals surface area contributed by atoms with E-state index in [1.165, 1.54) is 25.7 Å². The smallest absolute Gasteiger partial charge is 0.253 e. The normalized spacial score (nSPS) is 17.7. The number of aromatic amines is 1. The zero-order chi connectivity index (χ0) is 13.3. The number of aromatic nitrogens is 1. The largest absolute Gasteiger partial charge is 0.361 e. The molecular weight excluding hydrogens is 236 g/mol. The summed E-state index contributed by atoms with van der Waals surface area (Å²) < 4.78 is 0. The molecule has 0 unspecified atom stereocenters. The molecule has 1 amide bonds. The Morgan fingerprint density at radius 2 is 2.11 bits per heavy atom. The molecule has 1 aromatic carbocycles. The van der Waals surface area contributed by atoms with Gasteiger partial charge in [0, 0.05) is 18.1 Å². The Hall–Kier alpha value is -1.77. The van der Waals surface area contributed by atoms with Gasteiger partial charge in [0.25, 0.3) is 5.91 Å². The van der Waals surface area contributed by atoms with Crippen LogP contribution < -0.4 is 5.32 Å². The Balaban J connectivity index is 1.75. The first-order valence-corrected chi connectivity index (χ1v) is 7.02. The van der Waals surface area contributed by atoms with Gasteiger partial charge in [0.2, 0.25) is 0 Å². The first kappa shape index (κ1) is 12.3. The minimum absolute atomic E-state index is 0.0289. The number of para-hydroxylation sites is 1. The van der Waals surface area contributed by atoms with Crippen molar-refractivity contribution >= 4 is 16.8 Å². The zero-order valence-corrected chi connectivity index (χ0v) is 11.3. The summed E-state index contributed by atoms with van der Waals surface area (Å²) in [5.74, 6) is 0.0289. The van der Waals surface area contributed by atoms with E-state index in [1.807, 2.05) is 30.5 Å². The van der Waals surface area contributed by atoms with E-state index in [-0.39, 0.29) is 5.91 Å². The van der Waals surface area contributed by atoms with E-state index < -0.39 is 0 Å². The van der Waals surface area contributed by atoms with Crippen molar-refractivity contribution in [1.29, 1.82) is 0 Å². The van der Waals surface area contributed by atoms with Crippen LogP contribution in [-0.4, -0.2) is 17.4 Å². The molecule has 19 heavy (non-hydrogen) atoms. The summed E-state index contributed by atoms with van der Waals surface area (Å²) in [5.41, 5.74) is 1.96. The van der Waals surface area contributed by atoms with Gasteiger partial charge in [0.1, 0.15) is 0 Å². The fraction of sp³-hybridized carbons (Fsp3) is 0.438. The van der Waals surface area contributed by atoms with Gasteiger partial charge in [0.15, 0.2) is 0 Å². The second kappa shape index (κ2) is 4.72. The zero-order valence-electron chi connectivity index (χ0n) is 11.3. The van der Waals surface area contributed by atoms with Gasteiger partial charge in [-0.05, 0) is 30.4 Å². The lowest BCUT2D eigenvalue weighted by molar-refractivity contribution is 0.0936. The van der Waals surface area contributed by atoms with Gasteiger partial charge in [-0.2, -0.15) is 0 Å². The molecule has 1 fully saturated rings. The number of hydrogen-bond acceptors (Lipinski definition) is 1. The van der Waals surface area contributed by atoms with Crippen molar-refractivity contribution < 1.29 is 4.79 Å². The summed E-state index contributed by atoms with van der Waals surface area (Å²) in [7, 11) is 0. The molecule has 3 nitrogen and oxygen atoms in total. The minimum atomic E-state index is 0.0289. The molecule has 0 atom stereocenters. The SMILES string of the molecule is CC1(CNC(=O)c2cccc3cc[nH]c23)CCCC1. The Morgan fingerprint density at radius 1 is 1.32 bits per heavy atom. The maximum atomic E-state index is 12.3. The van der Waals surface area contributed by atoms with Crippen LogP contribution in [0.25, 0.3) is 10.9 Å². The monoisotopic (exact) mass is 256 g/mol. The summed E-state index contributed by atoms with van der Waals surface area (Å²) >= 11 is 0. The summed E-state index contributed by atoms with van der Waals surface area (Å²) in [4.78, 5) is 15.5. The van der Waals surface area contributed by atoms with Crippen LogP contribution in [0.1, 0.15) is 43.0 Å². The van der Waals surface area contributed by atoms with Gasteiger partial charge < -0.3 is 10.3 Å². The van der Waals surface area contributed by atoms with Crippen molar-refractivity contribution in [3.8, 4) is 0 Å². The van der Waals surface area contributed by atoms with Crippen LogP contribution in [0.3, 0.4) is 0 Å². The lowest BCUT2D eigenvalue weighted by Crippen LogP contribution is -2.34. The highest BCUT2D eigenvalue weighted by molar-refractivity contribution is 6.05. The van der Waals surface area contributed by atoms with Crippen LogP contribution in [0, 0.1) is 5.41 Å². The van der Waals surface area contributed by atoms with Crippen LogP contribution in [0.4, 0.5) is 0 Å². The molecule has 0 spiro atoms. The van der Waals surface area contributed by atoms with Crippen molar-refractivity contribution in [2.24, 2.45) is 5.41 Å². The maximum Gasteiger partial charge on any atom is 0.253 e. The Morgan fingerprint density at radius 3 is 2.89 bits per heavy atom. The highest BCUT2D eigenvalue weighted by atomic mass is 16.1. The Labute approximate surface area is 113 Å². The van der Waals surface area contributed by atoms with Crippen LogP contribution in [0.5, 0.6) is 0 Å². The van der Waals surface area contributed by atoms with E-state index in [0.29, 0.717) is 5.41 Å². The molecule has 1 aliphatic carbocycles. The summed E-state index contributed by atoms with van der Waals surface area (Å²) in [5, 5.41) is 4.19. The number of amides is 1. The van der Waals surface area contributed by atoms with Crippen LogP contribution in [0.2, 0.25) is 0 Å². The molecule has 3 rings (SSSR count). The van der Waals surface area contributed by atoms with Crippen LogP contribution in [0.15, 0.2) is 30.5 Å². The molecule has 0 aliphatic heterocycles. The molecule has 0 bridgehead atoms. The predicted molar refractivity (Wildman–Crippen MR) is 77.2 cm³/mol. The molecule has 1 saturated carbocycles. The van der Waals surface area contributed by atoms with Crippen LogP contribution in [-0.2, 0) is 0 Å². The standard InChI is InChI=1S/C16H20N2O/c1-16(8-2-3-9-16)11-18-15(19)13-6-4-5-12-7-10-17-14(12)13/h4-7,10,17H,2-3,8-9,11H2,1H3,(H,18,19). The third kappa shape index (κ3) is 2.37. The van der Waals surface area contributed by atoms with Crippen molar-refractivity contribution in [2.45, 2.75) is 32.6 Å². The summed E-state index contributed by atoms with van der Waals surface area (Å²) in [6, 6.07) is 7.82. The topological polar surface area (TPSA) is 44.9 Å². The molecule has 0 radical (unpaired) electrons. The van der Waals surface area contributed by atoms with Gasteiger partial charge in [-0.1, -0.05) is 31.9 Å². The molecule has 3 heteroatoms. The molecule has 0 saturated heterocycles. The predicted octanol–water partition coefficient (Wildman–Crippen LogP) is 3.48. The highest BCUT2D eigenvalue weighted by Gasteiger charge is 2.29. The van der Waals surface area contributed by atoms with E-state index in [9.17, 15) is 4.79 Å². The van der Waals surface area contributed by atoms with Crippen molar-refractivity contribution in [3.63, 3.8) is 0 Å². The number of carbonyl (C=O) groups excluding carboxylic acids is 1. The fourth-order valence-electron chi connectivity index (χ4n) is 3.07. The third-order valence-corrected chi connectivity index (χ3v) is 4.32. The van der Waals surface area contributed by atoms with Crippen molar-refractivity contribution in [2.75, 3.05) is 6.54 Å². The lowest BCUT2D eigenvalue weighted by atomic mass is 9.89. The molecule has 2 aromatic rings. The number of H-pyrrole nitrogens is 1. The number of nitrogens with one attached hydrogen (secondary N) is 2. The number of fused-ring (bicyclic) bond motifs is 1. The molecule has 1 heterocycles. The average Bonchev–Trinajstić information content (AvgIpc) is 3.04. The van der Waals surface area contributed by atoms with Crippen molar-refractivity contribution in [1.82, 2.24) is 10.3 Å². The first-order valence-electron chi connectivity index (χ1n) is 7.02. The van der Waals surface area contributed by atoms with E-state index >= 15 is 0 Å². The Bertz CT molecular complexity index is 594. The van der Waals surface area contributed by atoms with E-state index in [4.69, 9.17) is 0 Å². The highest BCUT2D eigenvalue weighted by Crippen LogP contribution is 2.36. The van der Waals surface area contributed by atoms with Gasteiger partial charge in [-0.3, -0.25) is 4.79 Å². The second-order valence-corrected chi connectivity index (χ2v) is 5.95. The first-order chi connectivity index (χ1) is 9.18. The quantitative estimate of drug-likeness (QED) is 0.867. The summed E-state index contributed by atoms with van der Waals surface area (Å²) in [6.45, 7) is 3.05. The molecule has 1 aromatic heterocycles. The van der Waals surface area contributed by atoms with Gasteiger partial charge in [0.05, 0.1) is 11.1 Å². The average molecular weight is 256 g/mol. The molecule has 1 aliphatic rings. The van der Waals surface area contributed by atoms with Gasteiger partial charge in [-0.25, -0.2) is 0 Å². The number of carbonyl (C=O) groups is 1. The van der Waals surface area contributed by atoms with Gasteiger partial charge >= 0.3 is 0 Å². The summed E-state index contributed by atoms with van der Waals surface area (Å²) in [6.07, 6.45) is 6.90. The number of rotatable bonds is 3. The third-order valence-electron chi connectivity index (χ3n) is 4.32. The molecule has 100 valence electrons. The minimum Gasteiger partial charge on any atom is -0.361 e. The number of hydrogen-bond donors (Lipinski definition) is 2. The van der Waals surface area contributed by atoms with Crippen molar-refractivity contribution in [3.05, 3.63) is 36.0 Å². The number of benzene rings is 1. The Kier molecular flexibility index (Phi) is 3.05.